The molecule has 4 aromatic rings. The van der Waals surface area contributed by atoms with E-state index in [-0.39, 0.29) is 28.7 Å². The van der Waals surface area contributed by atoms with Gasteiger partial charge in [-0.25, -0.2) is 18.7 Å². The molecular formula is C24H21F2N5O4S. The number of amides is 1. The molecule has 4 rings (SSSR count). The lowest BCUT2D eigenvalue weighted by molar-refractivity contribution is -0.111. The maximum absolute atomic E-state index is 14.7. The highest BCUT2D eigenvalue weighted by Crippen LogP contribution is 2.33. The second kappa shape index (κ2) is 10.2. The van der Waals surface area contributed by atoms with Crippen LogP contribution in [-0.2, 0) is 24.7 Å². The Morgan fingerprint density at radius 3 is 2.53 bits per heavy atom. The highest BCUT2D eigenvalue weighted by atomic mass is 32.1. The summed E-state index contributed by atoms with van der Waals surface area (Å²) in [6.07, 6.45) is 4.08. The van der Waals surface area contributed by atoms with Gasteiger partial charge in [-0.1, -0.05) is 6.58 Å². The van der Waals surface area contributed by atoms with Crippen LogP contribution in [-0.4, -0.2) is 45.7 Å². The first-order valence-corrected chi connectivity index (χ1v) is 11.4. The molecule has 186 valence electrons. The third-order valence-electron chi connectivity index (χ3n) is 5.27. The summed E-state index contributed by atoms with van der Waals surface area (Å²) in [5.41, 5.74) is 1.12. The summed E-state index contributed by atoms with van der Waals surface area (Å²) in [6.45, 7) is 3.44. The van der Waals surface area contributed by atoms with Crippen LogP contribution >= 0.6 is 11.3 Å². The van der Waals surface area contributed by atoms with Gasteiger partial charge >= 0.3 is 0 Å². The molecule has 0 spiro atoms. The predicted octanol–water partition coefficient (Wildman–Crippen LogP) is 3.86. The van der Waals surface area contributed by atoms with E-state index in [2.05, 4.69) is 27.0 Å². The average Bonchev–Trinajstić information content (AvgIpc) is 3.44. The normalized spacial score (nSPS) is 10.9. The van der Waals surface area contributed by atoms with E-state index in [0.29, 0.717) is 27.4 Å². The van der Waals surface area contributed by atoms with E-state index in [1.165, 1.54) is 14.2 Å². The number of carbonyl (C=O) groups excluding carboxylic acids is 2. The monoisotopic (exact) mass is 513 g/mol. The molecule has 0 bridgehead atoms. The molecule has 0 unspecified atom stereocenters. The van der Waals surface area contributed by atoms with Gasteiger partial charge in [0.2, 0.25) is 5.91 Å². The van der Waals surface area contributed by atoms with Gasteiger partial charge in [-0.2, -0.15) is 5.10 Å². The van der Waals surface area contributed by atoms with Crippen molar-refractivity contribution in [3.05, 3.63) is 70.8 Å². The van der Waals surface area contributed by atoms with Gasteiger partial charge in [0, 0.05) is 37.5 Å². The molecule has 3 heterocycles. The molecule has 36 heavy (non-hydrogen) atoms. The quantitative estimate of drug-likeness (QED) is 0.267. The van der Waals surface area contributed by atoms with E-state index in [9.17, 15) is 18.4 Å². The van der Waals surface area contributed by atoms with Crippen LogP contribution in [0.1, 0.15) is 26.8 Å². The van der Waals surface area contributed by atoms with Crippen molar-refractivity contribution in [2.75, 3.05) is 19.5 Å². The Morgan fingerprint density at radius 2 is 1.89 bits per heavy atom. The van der Waals surface area contributed by atoms with Crippen molar-refractivity contribution in [1.82, 2.24) is 19.7 Å². The minimum Gasteiger partial charge on any atom is -0.494 e. The van der Waals surface area contributed by atoms with Crippen LogP contribution in [0.25, 0.3) is 10.2 Å². The summed E-state index contributed by atoms with van der Waals surface area (Å²) in [5.74, 6) is -2.80. The molecule has 0 saturated heterocycles. The van der Waals surface area contributed by atoms with Crippen molar-refractivity contribution in [2.45, 2.75) is 12.8 Å². The molecule has 1 aromatic carbocycles. The lowest BCUT2D eigenvalue weighted by atomic mass is 10.1. The molecule has 0 aliphatic heterocycles. The number of rotatable bonds is 9. The van der Waals surface area contributed by atoms with Gasteiger partial charge < -0.3 is 14.8 Å². The Balaban J connectivity index is 1.59. The summed E-state index contributed by atoms with van der Waals surface area (Å²) >= 11 is 1.12. The number of aryl methyl sites for hydroxylation is 1. The van der Waals surface area contributed by atoms with Gasteiger partial charge in [0.15, 0.2) is 28.9 Å². The number of hydrogen-bond acceptors (Lipinski definition) is 8. The van der Waals surface area contributed by atoms with Crippen molar-refractivity contribution < 1.29 is 27.8 Å². The van der Waals surface area contributed by atoms with Gasteiger partial charge in [-0.05, 0) is 12.1 Å². The van der Waals surface area contributed by atoms with E-state index in [1.54, 1.807) is 30.2 Å². The number of thiophene rings is 1. The minimum absolute atomic E-state index is 0.221. The van der Waals surface area contributed by atoms with E-state index in [4.69, 9.17) is 9.47 Å². The maximum Gasteiger partial charge on any atom is 0.247 e. The highest BCUT2D eigenvalue weighted by Gasteiger charge is 2.24. The van der Waals surface area contributed by atoms with Crippen LogP contribution in [0, 0.1) is 11.6 Å². The SMILES string of the molecule is C=CC(=O)Nc1cn(C)nc1Cc1ncc2sc(C(=O)Cc3c(F)c(OC)cc(OC)c3F)cc2n1. The zero-order valence-corrected chi connectivity index (χ0v) is 20.4. The first kappa shape index (κ1) is 24.9. The molecule has 0 radical (unpaired) electrons. The number of carbonyl (C=O) groups is 2. The number of fused-ring (bicyclic) bond motifs is 1. The zero-order chi connectivity index (χ0) is 26.0. The Hall–Kier alpha value is -4.19. The zero-order valence-electron chi connectivity index (χ0n) is 19.6. The second-order valence-electron chi connectivity index (χ2n) is 7.67. The lowest BCUT2D eigenvalue weighted by Gasteiger charge is -2.11. The Bertz CT molecular complexity index is 1470. The number of ketones is 1. The lowest BCUT2D eigenvalue weighted by Crippen LogP contribution is -2.09. The van der Waals surface area contributed by atoms with Gasteiger partial charge in [-0.3, -0.25) is 14.3 Å². The first-order valence-electron chi connectivity index (χ1n) is 10.6. The summed E-state index contributed by atoms with van der Waals surface area (Å²) in [5, 5.41) is 7.03. The number of halogens is 2. The molecule has 0 atom stereocenters. The Kier molecular flexibility index (Phi) is 7.06. The highest BCUT2D eigenvalue weighted by molar-refractivity contribution is 7.20. The van der Waals surface area contributed by atoms with Crippen LogP contribution in [0.2, 0.25) is 0 Å². The standard InChI is InChI=1S/C24H21F2N5O4S/c1-5-22(33)29-15-11-31(2)30-13(15)8-21-27-10-20-14(28-21)7-19(36-20)16(32)6-12-23(25)17(34-3)9-18(35-4)24(12)26/h5,7,9-11H,1,6,8H2,2-4H3,(H,29,33). The molecular weight excluding hydrogens is 492 g/mol. The summed E-state index contributed by atoms with van der Waals surface area (Å²) in [6, 6.07) is 2.64. The van der Waals surface area contributed by atoms with Crippen LogP contribution < -0.4 is 14.8 Å². The third-order valence-corrected chi connectivity index (χ3v) is 6.37. The van der Waals surface area contributed by atoms with E-state index in [0.717, 1.165) is 23.5 Å². The van der Waals surface area contributed by atoms with Gasteiger partial charge in [0.05, 0.1) is 47.1 Å². The molecule has 3 aromatic heterocycles. The first-order chi connectivity index (χ1) is 17.2. The fourth-order valence-corrected chi connectivity index (χ4v) is 4.45. The average molecular weight is 514 g/mol. The number of Topliss-reactive ketones (excluding diaryl/α,β-unsaturated/α-hetero) is 1. The number of methoxy groups -OCH3 is 2. The fraction of sp³-hybridized carbons (Fsp3) is 0.208. The Labute approximate surface area is 208 Å². The van der Waals surface area contributed by atoms with Crippen molar-refractivity contribution in [2.24, 2.45) is 7.05 Å². The number of nitrogens with one attached hydrogen (secondary N) is 1. The van der Waals surface area contributed by atoms with Gasteiger partial charge in [0.25, 0.3) is 0 Å². The number of benzene rings is 1. The van der Waals surface area contributed by atoms with Crippen molar-refractivity contribution in [3.63, 3.8) is 0 Å². The maximum atomic E-state index is 14.7. The number of aromatic nitrogens is 4. The fourth-order valence-electron chi connectivity index (χ4n) is 3.54. The topological polar surface area (TPSA) is 108 Å². The molecule has 12 heteroatoms. The number of nitrogens with zero attached hydrogens (tertiary/aromatic N) is 4. The molecule has 0 aliphatic rings. The van der Waals surface area contributed by atoms with Crippen LogP contribution in [0.4, 0.5) is 14.5 Å². The molecule has 1 N–H and O–H groups in total. The number of ether oxygens (including phenoxy) is 2. The van der Waals surface area contributed by atoms with Gasteiger partial charge in [-0.15, -0.1) is 11.3 Å². The minimum atomic E-state index is -0.956. The van der Waals surface area contributed by atoms with Crippen molar-refractivity contribution in [1.29, 1.82) is 0 Å². The predicted molar refractivity (Wildman–Crippen MR) is 130 cm³/mol. The van der Waals surface area contributed by atoms with E-state index in [1.807, 2.05) is 0 Å². The molecule has 0 fully saturated rings. The summed E-state index contributed by atoms with van der Waals surface area (Å²) in [4.78, 5) is 33.7. The van der Waals surface area contributed by atoms with Crippen LogP contribution in [0.5, 0.6) is 11.5 Å². The van der Waals surface area contributed by atoms with Gasteiger partial charge in [0.1, 0.15) is 5.82 Å². The third kappa shape index (κ3) is 4.93. The largest absolute Gasteiger partial charge is 0.494 e. The van der Waals surface area contributed by atoms with E-state index < -0.39 is 29.4 Å². The smallest absolute Gasteiger partial charge is 0.247 e. The van der Waals surface area contributed by atoms with Crippen LogP contribution in [0.3, 0.4) is 0 Å². The summed E-state index contributed by atoms with van der Waals surface area (Å²) < 4.78 is 41.4. The number of anilines is 1. The number of hydrogen-bond donors (Lipinski definition) is 1. The summed E-state index contributed by atoms with van der Waals surface area (Å²) in [7, 11) is 4.20. The molecule has 9 nitrogen and oxygen atoms in total. The molecule has 0 saturated carbocycles. The Morgan fingerprint density at radius 1 is 1.19 bits per heavy atom. The van der Waals surface area contributed by atoms with Crippen LogP contribution in [0.15, 0.2) is 37.2 Å². The molecule has 0 aliphatic carbocycles. The second-order valence-corrected chi connectivity index (χ2v) is 8.75. The molecule has 1 amide bonds. The van der Waals surface area contributed by atoms with E-state index >= 15 is 0 Å². The van der Waals surface area contributed by atoms with Crippen molar-refractivity contribution >= 4 is 38.9 Å². The van der Waals surface area contributed by atoms with Crippen molar-refractivity contribution in [3.8, 4) is 11.5 Å².